The van der Waals surface area contributed by atoms with Gasteiger partial charge in [-0.1, -0.05) is 43.3 Å². The van der Waals surface area contributed by atoms with Crippen molar-refractivity contribution < 1.29 is 0 Å². The second-order valence-electron chi connectivity index (χ2n) is 5.00. The van der Waals surface area contributed by atoms with Crippen molar-refractivity contribution in [3.05, 3.63) is 48.6 Å². The van der Waals surface area contributed by atoms with Crippen molar-refractivity contribution in [3.63, 3.8) is 0 Å². The Kier molecular flexibility index (Phi) is 4.01. The van der Waals surface area contributed by atoms with Gasteiger partial charge in [-0.25, -0.2) is 0 Å². The summed E-state index contributed by atoms with van der Waals surface area (Å²) < 4.78 is 0. The lowest BCUT2D eigenvalue weighted by molar-refractivity contribution is 0.402. The molecule has 1 unspecified atom stereocenters. The first-order valence-electron chi connectivity index (χ1n) is 6.73. The summed E-state index contributed by atoms with van der Waals surface area (Å²) in [6.07, 6.45) is 6.99. The van der Waals surface area contributed by atoms with Crippen molar-refractivity contribution in [1.29, 1.82) is 0 Å². The molecule has 17 heavy (non-hydrogen) atoms. The Morgan fingerprint density at radius 3 is 2.59 bits per heavy atom. The van der Waals surface area contributed by atoms with Gasteiger partial charge < -0.3 is 5.32 Å². The molecule has 1 fully saturated rings. The summed E-state index contributed by atoms with van der Waals surface area (Å²) in [7, 11) is 0. The zero-order chi connectivity index (χ0) is 12.1. The Morgan fingerprint density at radius 1 is 1.35 bits per heavy atom. The van der Waals surface area contributed by atoms with Crippen LogP contribution in [0.2, 0.25) is 0 Å². The van der Waals surface area contributed by atoms with Crippen LogP contribution in [0.3, 0.4) is 0 Å². The standard InChI is InChI=1S/C16H23N/c1-3-5-11-15(17-4-2)16(12-13-16)14-9-7-6-8-10-14/h3,6-10,15,17H,1,4-5,11-13H2,2H3. The molecule has 0 heterocycles. The van der Waals surface area contributed by atoms with Crippen molar-refractivity contribution in [1.82, 2.24) is 5.32 Å². The van der Waals surface area contributed by atoms with Gasteiger partial charge in [-0.05, 0) is 37.8 Å². The number of nitrogens with one attached hydrogen (secondary N) is 1. The molecule has 1 aliphatic carbocycles. The molecule has 1 aromatic carbocycles. The second-order valence-corrected chi connectivity index (χ2v) is 5.00. The average Bonchev–Trinajstić information content (AvgIpc) is 3.17. The highest BCUT2D eigenvalue weighted by molar-refractivity contribution is 5.33. The maximum Gasteiger partial charge on any atom is 0.0167 e. The lowest BCUT2D eigenvalue weighted by Gasteiger charge is -2.28. The number of hydrogen-bond acceptors (Lipinski definition) is 1. The van der Waals surface area contributed by atoms with E-state index in [1.807, 2.05) is 6.08 Å². The van der Waals surface area contributed by atoms with Gasteiger partial charge in [0.2, 0.25) is 0 Å². The first-order valence-corrected chi connectivity index (χ1v) is 6.73. The third kappa shape index (κ3) is 2.61. The molecule has 1 aliphatic rings. The highest BCUT2D eigenvalue weighted by atomic mass is 14.9. The number of benzene rings is 1. The zero-order valence-electron chi connectivity index (χ0n) is 10.8. The summed E-state index contributed by atoms with van der Waals surface area (Å²) in [5.74, 6) is 0. The molecule has 92 valence electrons. The molecular weight excluding hydrogens is 206 g/mol. The molecule has 1 atom stereocenters. The molecule has 1 heteroatoms. The van der Waals surface area contributed by atoms with Crippen molar-refractivity contribution >= 4 is 0 Å². The van der Waals surface area contributed by atoms with Crippen molar-refractivity contribution in [2.45, 2.75) is 44.1 Å². The number of allylic oxidation sites excluding steroid dienone is 1. The van der Waals surface area contributed by atoms with Gasteiger partial charge in [0.25, 0.3) is 0 Å². The van der Waals surface area contributed by atoms with E-state index in [1.54, 1.807) is 0 Å². The SMILES string of the molecule is C=CCCC(NCC)C1(c2ccccc2)CC1. The number of hydrogen-bond donors (Lipinski definition) is 1. The van der Waals surface area contributed by atoms with E-state index in [4.69, 9.17) is 0 Å². The Bertz CT molecular complexity index is 351. The Labute approximate surface area is 105 Å². The van der Waals surface area contributed by atoms with Crippen LogP contribution >= 0.6 is 0 Å². The van der Waals surface area contributed by atoms with Crippen molar-refractivity contribution in [3.8, 4) is 0 Å². The van der Waals surface area contributed by atoms with Crippen LogP contribution in [0.5, 0.6) is 0 Å². The van der Waals surface area contributed by atoms with Crippen molar-refractivity contribution in [2.24, 2.45) is 0 Å². The lowest BCUT2D eigenvalue weighted by atomic mass is 9.85. The molecule has 0 saturated heterocycles. The summed E-state index contributed by atoms with van der Waals surface area (Å²) >= 11 is 0. The largest absolute Gasteiger partial charge is 0.313 e. The van der Waals surface area contributed by atoms with Crippen LogP contribution in [0.25, 0.3) is 0 Å². The fourth-order valence-electron chi connectivity index (χ4n) is 2.85. The molecule has 1 N–H and O–H groups in total. The van der Waals surface area contributed by atoms with Crippen LogP contribution in [0.4, 0.5) is 0 Å². The second kappa shape index (κ2) is 5.50. The maximum absolute atomic E-state index is 3.84. The van der Waals surface area contributed by atoms with E-state index in [9.17, 15) is 0 Å². The fourth-order valence-corrected chi connectivity index (χ4v) is 2.85. The summed E-state index contributed by atoms with van der Waals surface area (Å²) in [6.45, 7) is 7.09. The van der Waals surface area contributed by atoms with Gasteiger partial charge in [0.05, 0.1) is 0 Å². The molecule has 0 amide bonds. The van der Waals surface area contributed by atoms with Crippen LogP contribution in [0.1, 0.15) is 38.2 Å². The van der Waals surface area contributed by atoms with Gasteiger partial charge in [-0.3, -0.25) is 0 Å². The molecular formula is C16H23N. The van der Waals surface area contributed by atoms with E-state index in [0.29, 0.717) is 11.5 Å². The molecule has 2 rings (SSSR count). The molecule has 0 aromatic heterocycles. The predicted octanol–water partition coefficient (Wildman–Crippen LogP) is 3.66. The summed E-state index contributed by atoms with van der Waals surface area (Å²) in [4.78, 5) is 0. The highest BCUT2D eigenvalue weighted by Crippen LogP contribution is 2.51. The quantitative estimate of drug-likeness (QED) is 0.704. The maximum atomic E-state index is 3.84. The molecule has 1 aromatic rings. The minimum atomic E-state index is 0.403. The van der Waals surface area contributed by atoms with Crippen molar-refractivity contribution in [2.75, 3.05) is 6.54 Å². The number of rotatable bonds is 7. The Morgan fingerprint density at radius 2 is 2.06 bits per heavy atom. The highest BCUT2D eigenvalue weighted by Gasteiger charge is 2.49. The Balaban J connectivity index is 2.14. The first kappa shape index (κ1) is 12.4. The summed E-state index contributed by atoms with van der Waals surface area (Å²) in [5, 5.41) is 3.67. The minimum absolute atomic E-state index is 0.403. The smallest absolute Gasteiger partial charge is 0.0167 e. The first-order chi connectivity index (χ1) is 8.33. The third-order valence-electron chi connectivity index (χ3n) is 3.91. The minimum Gasteiger partial charge on any atom is -0.313 e. The Hall–Kier alpha value is -1.08. The topological polar surface area (TPSA) is 12.0 Å². The molecule has 1 saturated carbocycles. The van der Waals surface area contributed by atoms with Crippen LogP contribution in [0, 0.1) is 0 Å². The van der Waals surface area contributed by atoms with Gasteiger partial charge in [0.1, 0.15) is 0 Å². The monoisotopic (exact) mass is 229 g/mol. The van der Waals surface area contributed by atoms with E-state index in [0.717, 1.165) is 13.0 Å². The van der Waals surface area contributed by atoms with Crippen LogP contribution in [-0.4, -0.2) is 12.6 Å². The summed E-state index contributed by atoms with van der Waals surface area (Å²) in [6, 6.07) is 11.6. The van der Waals surface area contributed by atoms with E-state index >= 15 is 0 Å². The van der Waals surface area contributed by atoms with Gasteiger partial charge in [0, 0.05) is 11.5 Å². The van der Waals surface area contributed by atoms with E-state index in [1.165, 1.54) is 24.8 Å². The van der Waals surface area contributed by atoms with E-state index < -0.39 is 0 Å². The van der Waals surface area contributed by atoms with Crippen LogP contribution in [-0.2, 0) is 5.41 Å². The zero-order valence-corrected chi connectivity index (χ0v) is 10.8. The van der Waals surface area contributed by atoms with Gasteiger partial charge in [-0.15, -0.1) is 6.58 Å². The van der Waals surface area contributed by atoms with Crippen LogP contribution < -0.4 is 5.32 Å². The molecule has 0 aliphatic heterocycles. The van der Waals surface area contributed by atoms with E-state index in [2.05, 4.69) is 49.2 Å². The number of likely N-dealkylation sites (N-methyl/N-ethyl adjacent to an activating group) is 1. The van der Waals surface area contributed by atoms with Gasteiger partial charge in [0.15, 0.2) is 0 Å². The predicted molar refractivity (Wildman–Crippen MR) is 74.2 cm³/mol. The fraction of sp³-hybridized carbons (Fsp3) is 0.500. The molecule has 0 spiro atoms. The molecule has 1 nitrogen and oxygen atoms in total. The summed E-state index contributed by atoms with van der Waals surface area (Å²) in [5.41, 5.74) is 1.91. The average molecular weight is 229 g/mol. The molecule has 0 bridgehead atoms. The molecule has 0 radical (unpaired) electrons. The van der Waals surface area contributed by atoms with Crippen LogP contribution in [0.15, 0.2) is 43.0 Å². The van der Waals surface area contributed by atoms with E-state index in [-0.39, 0.29) is 0 Å². The third-order valence-corrected chi connectivity index (χ3v) is 3.91. The lowest BCUT2D eigenvalue weighted by Crippen LogP contribution is -2.39. The van der Waals surface area contributed by atoms with Gasteiger partial charge in [-0.2, -0.15) is 0 Å². The normalized spacial score (nSPS) is 18.6. The van der Waals surface area contributed by atoms with Gasteiger partial charge >= 0.3 is 0 Å².